The Kier molecular flexibility index (Phi) is 7.45. The third-order valence-electron chi connectivity index (χ3n) is 5.10. The summed E-state index contributed by atoms with van der Waals surface area (Å²) in [5.74, 6) is -0.292. The number of rotatable bonds is 7. The van der Waals surface area contributed by atoms with Gasteiger partial charge in [-0.05, 0) is 36.4 Å². The molecule has 1 aliphatic heterocycles. The van der Waals surface area contributed by atoms with Gasteiger partial charge in [-0.1, -0.05) is 45.0 Å². The molecule has 2 N–H and O–H groups in total. The van der Waals surface area contributed by atoms with Gasteiger partial charge >= 0.3 is 12.0 Å². The van der Waals surface area contributed by atoms with E-state index in [1.807, 2.05) is 16.7 Å². The third-order valence-corrected chi connectivity index (χ3v) is 5.10. The summed E-state index contributed by atoms with van der Waals surface area (Å²) in [5.41, 5.74) is 2.39. The largest absolute Gasteiger partial charge is 0.480 e. The first-order valence-corrected chi connectivity index (χ1v) is 9.48. The second-order valence-electron chi connectivity index (χ2n) is 7.23. The van der Waals surface area contributed by atoms with Crippen molar-refractivity contribution in [3.8, 4) is 0 Å². The Labute approximate surface area is 156 Å². The summed E-state index contributed by atoms with van der Waals surface area (Å²) in [7, 11) is 0. The molecule has 26 heavy (non-hydrogen) atoms. The van der Waals surface area contributed by atoms with Crippen molar-refractivity contribution >= 4 is 12.0 Å². The van der Waals surface area contributed by atoms with Crippen molar-refractivity contribution in [2.45, 2.75) is 52.1 Å². The van der Waals surface area contributed by atoms with Gasteiger partial charge in [-0.25, -0.2) is 4.79 Å². The van der Waals surface area contributed by atoms with Crippen LogP contribution in [0.3, 0.4) is 0 Å². The van der Waals surface area contributed by atoms with Crippen molar-refractivity contribution in [1.82, 2.24) is 15.1 Å². The van der Waals surface area contributed by atoms with Gasteiger partial charge in [-0.15, -0.1) is 0 Å². The average Bonchev–Trinajstić information content (AvgIpc) is 2.64. The first kappa shape index (κ1) is 20.2. The number of hydrogen-bond donors (Lipinski definition) is 2. The predicted molar refractivity (Wildman–Crippen MR) is 102 cm³/mol. The zero-order valence-electron chi connectivity index (χ0n) is 16.1. The van der Waals surface area contributed by atoms with Gasteiger partial charge in [-0.2, -0.15) is 0 Å². The summed E-state index contributed by atoms with van der Waals surface area (Å²) in [6.45, 7) is 8.95. The number of urea groups is 1. The fraction of sp³-hybridized carbons (Fsp3) is 0.600. The fourth-order valence-corrected chi connectivity index (χ4v) is 3.42. The molecule has 2 amide bonds. The van der Waals surface area contributed by atoms with Crippen LogP contribution < -0.4 is 5.32 Å². The summed E-state index contributed by atoms with van der Waals surface area (Å²) in [4.78, 5) is 27.1. The number of likely N-dealkylation sites (N-methyl/N-ethyl adjacent to an activating group) is 1. The predicted octanol–water partition coefficient (Wildman–Crippen LogP) is 2.89. The Hall–Kier alpha value is -2.08. The molecule has 1 aliphatic rings. The lowest BCUT2D eigenvalue weighted by Crippen LogP contribution is -2.50. The number of nitrogens with one attached hydrogen (secondary N) is 1. The Morgan fingerprint density at radius 3 is 2.35 bits per heavy atom. The molecule has 6 heteroatoms. The zero-order valence-corrected chi connectivity index (χ0v) is 16.1. The number of carboxylic acids is 1. The van der Waals surface area contributed by atoms with E-state index in [2.05, 4.69) is 43.4 Å². The normalized spacial score (nSPS) is 15.5. The topological polar surface area (TPSA) is 72.9 Å². The highest BCUT2D eigenvalue weighted by atomic mass is 16.4. The van der Waals surface area contributed by atoms with Crippen molar-refractivity contribution in [2.75, 3.05) is 26.2 Å². The Bertz CT molecular complexity index is 593. The lowest BCUT2D eigenvalue weighted by molar-refractivity contribution is -0.139. The second-order valence-corrected chi connectivity index (χ2v) is 7.23. The standard InChI is InChI=1S/C20H31N3O3/c1-4-22(14-19(24)25)18-9-11-23(12-10-18)20(26)21-13-16-5-7-17(8-6-16)15(2)3/h5-8,15,18H,4,9-14H2,1-3H3,(H,21,26)(H,24,25). The minimum atomic E-state index is -0.796. The Morgan fingerprint density at radius 1 is 1.23 bits per heavy atom. The summed E-state index contributed by atoms with van der Waals surface area (Å²) < 4.78 is 0. The van der Waals surface area contributed by atoms with Crippen LogP contribution in [-0.2, 0) is 11.3 Å². The van der Waals surface area contributed by atoms with Crippen LogP contribution in [0, 0.1) is 0 Å². The molecule has 0 unspecified atom stereocenters. The number of aliphatic carboxylic acids is 1. The molecule has 0 spiro atoms. The van der Waals surface area contributed by atoms with Crippen LogP contribution in [0.2, 0.25) is 0 Å². The Balaban J connectivity index is 1.78. The van der Waals surface area contributed by atoms with Gasteiger partial charge in [0.15, 0.2) is 0 Å². The first-order chi connectivity index (χ1) is 12.4. The molecule has 1 aromatic carbocycles. The van der Waals surface area contributed by atoms with Crippen LogP contribution in [0.5, 0.6) is 0 Å². The van der Waals surface area contributed by atoms with Gasteiger partial charge in [0.2, 0.25) is 0 Å². The van der Waals surface area contributed by atoms with E-state index in [1.165, 1.54) is 5.56 Å². The highest BCUT2D eigenvalue weighted by Gasteiger charge is 2.27. The van der Waals surface area contributed by atoms with E-state index in [9.17, 15) is 9.59 Å². The number of carbonyl (C=O) groups excluding carboxylic acids is 1. The van der Waals surface area contributed by atoms with Crippen LogP contribution >= 0.6 is 0 Å². The molecule has 2 rings (SSSR count). The van der Waals surface area contributed by atoms with E-state index in [1.54, 1.807) is 0 Å². The summed E-state index contributed by atoms with van der Waals surface area (Å²) in [5, 5.41) is 12.0. The highest BCUT2D eigenvalue weighted by Crippen LogP contribution is 2.17. The smallest absolute Gasteiger partial charge is 0.317 e. The van der Waals surface area contributed by atoms with Crippen molar-refractivity contribution in [2.24, 2.45) is 0 Å². The fourth-order valence-electron chi connectivity index (χ4n) is 3.42. The number of amides is 2. The highest BCUT2D eigenvalue weighted by molar-refractivity contribution is 5.74. The van der Waals surface area contributed by atoms with Gasteiger partial charge in [0.05, 0.1) is 6.54 Å². The van der Waals surface area contributed by atoms with E-state index < -0.39 is 5.97 Å². The zero-order chi connectivity index (χ0) is 19.1. The number of likely N-dealkylation sites (tertiary alicyclic amines) is 1. The minimum Gasteiger partial charge on any atom is -0.480 e. The van der Waals surface area contributed by atoms with E-state index in [4.69, 9.17) is 5.11 Å². The molecule has 0 saturated carbocycles. The van der Waals surface area contributed by atoms with Crippen molar-refractivity contribution in [3.63, 3.8) is 0 Å². The molecule has 0 bridgehead atoms. The molecule has 1 saturated heterocycles. The number of nitrogens with zero attached hydrogens (tertiary/aromatic N) is 2. The maximum absolute atomic E-state index is 12.4. The molecule has 0 atom stereocenters. The van der Waals surface area contributed by atoms with Gasteiger partial charge in [0.25, 0.3) is 0 Å². The SMILES string of the molecule is CCN(CC(=O)O)C1CCN(C(=O)NCc2ccc(C(C)C)cc2)CC1. The number of piperidine rings is 1. The van der Waals surface area contributed by atoms with Crippen LogP contribution in [0.1, 0.15) is 50.7 Å². The lowest BCUT2D eigenvalue weighted by atomic mass is 10.0. The van der Waals surface area contributed by atoms with Gasteiger partial charge < -0.3 is 15.3 Å². The molecule has 144 valence electrons. The molecular weight excluding hydrogens is 330 g/mol. The quantitative estimate of drug-likeness (QED) is 0.783. The molecular formula is C20H31N3O3. The van der Waals surface area contributed by atoms with Gasteiger partial charge in [0.1, 0.15) is 0 Å². The molecule has 1 aromatic rings. The molecule has 0 aliphatic carbocycles. The molecule has 1 fully saturated rings. The average molecular weight is 361 g/mol. The maximum atomic E-state index is 12.4. The lowest BCUT2D eigenvalue weighted by Gasteiger charge is -2.37. The van der Waals surface area contributed by atoms with Crippen LogP contribution in [-0.4, -0.2) is 59.1 Å². The van der Waals surface area contributed by atoms with Crippen molar-refractivity contribution in [1.29, 1.82) is 0 Å². The second kappa shape index (κ2) is 9.57. The monoisotopic (exact) mass is 361 g/mol. The number of hydrogen-bond acceptors (Lipinski definition) is 3. The minimum absolute atomic E-state index is 0.0438. The molecule has 0 aromatic heterocycles. The van der Waals surface area contributed by atoms with Gasteiger partial charge in [0, 0.05) is 25.7 Å². The number of carbonyl (C=O) groups is 2. The number of carboxylic acid groups (broad SMARTS) is 1. The summed E-state index contributed by atoms with van der Waals surface area (Å²) >= 11 is 0. The van der Waals surface area contributed by atoms with Crippen LogP contribution in [0.4, 0.5) is 4.79 Å². The molecule has 0 radical (unpaired) electrons. The Morgan fingerprint density at radius 2 is 1.85 bits per heavy atom. The number of benzene rings is 1. The first-order valence-electron chi connectivity index (χ1n) is 9.48. The molecule has 6 nitrogen and oxygen atoms in total. The molecule has 1 heterocycles. The van der Waals surface area contributed by atoms with Crippen molar-refractivity contribution in [3.05, 3.63) is 35.4 Å². The van der Waals surface area contributed by atoms with E-state index in [0.29, 0.717) is 25.6 Å². The van der Waals surface area contributed by atoms with Gasteiger partial charge in [-0.3, -0.25) is 9.69 Å². The van der Waals surface area contributed by atoms with Crippen molar-refractivity contribution < 1.29 is 14.7 Å². The maximum Gasteiger partial charge on any atom is 0.317 e. The van der Waals surface area contributed by atoms with Crippen LogP contribution in [0.25, 0.3) is 0 Å². The van der Waals surface area contributed by atoms with E-state index >= 15 is 0 Å². The van der Waals surface area contributed by atoms with Crippen LogP contribution in [0.15, 0.2) is 24.3 Å². The summed E-state index contributed by atoms with van der Waals surface area (Å²) in [6.07, 6.45) is 1.63. The summed E-state index contributed by atoms with van der Waals surface area (Å²) in [6, 6.07) is 8.54. The van der Waals surface area contributed by atoms with E-state index in [-0.39, 0.29) is 18.6 Å². The van der Waals surface area contributed by atoms with E-state index in [0.717, 1.165) is 24.9 Å². The third kappa shape index (κ3) is 5.73.